The maximum Gasteiger partial charge on any atom is 0.252 e. The van der Waals surface area contributed by atoms with E-state index in [-0.39, 0.29) is 17.9 Å². The number of aryl methyl sites for hydroxylation is 1. The summed E-state index contributed by atoms with van der Waals surface area (Å²) in [5.74, 6) is 0.203. The molecular weight excluding hydrogens is 420 g/mol. The van der Waals surface area contributed by atoms with Gasteiger partial charge in [-0.25, -0.2) is 9.97 Å². The summed E-state index contributed by atoms with van der Waals surface area (Å²) in [7, 11) is 0. The van der Waals surface area contributed by atoms with Gasteiger partial charge in [-0.15, -0.1) is 0 Å². The van der Waals surface area contributed by atoms with Crippen molar-refractivity contribution in [3.05, 3.63) is 54.0 Å². The summed E-state index contributed by atoms with van der Waals surface area (Å²) >= 11 is 0. The predicted octanol–water partition coefficient (Wildman–Crippen LogP) is 2.44. The number of likely N-dealkylation sites (tertiary alicyclic amines) is 1. The van der Waals surface area contributed by atoms with Crippen molar-refractivity contribution in [1.82, 2.24) is 30.0 Å². The number of rotatable bonds is 6. The Labute approximate surface area is 191 Å². The average Bonchev–Trinajstić information content (AvgIpc) is 3.21. The zero-order valence-corrected chi connectivity index (χ0v) is 18.6. The summed E-state index contributed by atoms with van der Waals surface area (Å²) in [6, 6.07) is 8.64. The SMILES string of the molecule is CC(=O)N1CC(n2cc(Nc3ncc(C)c(-c4ccc(C(=O)N[C@@H](C)C#N)cc4)n3)cn2)C1. The number of nitriles is 1. The summed E-state index contributed by atoms with van der Waals surface area (Å²) in [5, 5.41) is 19.0. The third-order valence-electron chi connectivity index (χ3n) is 5.47. The van der Waals surface area contributed by atoms with Crippen LogP contribution in [0, 0.1) is 18.3 Å². The van der Waals surface area contributed by atoms with Crippen molar-refractivity contribution < 1.29 is 9.59 Å². The first-order valence-electron chi connectivity index (χ1n) is 10.6. The molecule has 3 aromatic rings. The standard InChI is InChI=1S/C23H24N8O2/c1-14-9-25-23(28-19-10-26-31(11-19)20-12-30(13-20)16(3)32)29-21(14)17-4-6-18(7-5-17)22(33)27-15(2)8-24/h4-7,9-11,15,20H,12-13H2,1-3H3,(H,27,33)(H,25,28,29)/t15-/m0/s1. The second kappa shape index (κ2) is 9.08. The molecule has 1 fully saturated rings. The minimum atomic E-state index is -0.559. The first-order chi connectivity index (χ1) is 15.8. The Hall–Kier alpha value is -4.26. The number of amides is 2. The van der Waals surface area contributed by atoms with Gasteiger partial charge in [-0.05, 0) is 31.5 Å². The van der Waals surface area contributed by atoms with Gasteiger partial charge >= 0.3 is 0 Å². The van der Waals surface area contributed by atoms with Crippen molar-refractivity contribution in [3.63, 3.8) is 0 Å². The molecule has 10 heteroatoms. The number of nitrogens with one attached hydrogen (secondary N) is 2. The molecule has 0 aliphatic carbocycles. The van der Waals surface area contributed by atoms with E-state index in [0.717, 1.165) is 22.5 Å². The van der Waals surface area contributed by atoms with Gasteiger partial charge in [0.15, 0.2) is 0 Å². The van der Waals surface area contributed by atoms with Gasteiger partial charge in [0.1, 0.15) is 6.04 Å². The number of anilines is 2. The summed E-state index contributed by atoms with van der Waals surface area (Å²) in [6.45, 7) is 6.43. The van der Waals surface area contributed by atoms with E-state index in [9.17, 15) is 9.59 Å². The Bertz CT molecular complexity index is 1220. The number of benzene rings is 1. The third-order valence-corrected chi connectivity index (χ3v) is 5.47. The zero-order valence-electron chi connectivity index (χ0n) is 18.6. The van der Waals surface area contributed by atoms with E-state index in [2.05, 4.69) is 25.7 Å². The fourth-order valence-corrected chi connectivity index (χ4v) is 3.50. The molecule has 0 spiro atoms. The van der Waals surface area contributed by atoms with Crippen LogP contribution in [-0.4, -0.2) is 55.6 Å². The summed E-state index contributed by atoms with van der Waals surface area (Å²) in [4.78, 5) is 34.3. The molecule has 4 rings (SSSR count). The van der Waals surface area contributed by atoms with Crippen LogP contribution in [0.1, 0.15) is 35.8 Å². The first-order valence-corrected chi connectivity index (χ1v) is 10.6. The van der Waals surface area contributed by atoms with Crippen molar-refractivity contribution in [1.29, 1.82) is 5.26 Å². The van der Waals surface area contributed by atoms with Gasteiger partial charge in [0.25, 0.3) is 5.91 Å². The Kier molecular flexibility index (Phi) is 6.04. The molecule has 0 unspecified atom stereocenters. The monoisotopic (exact) mass is 444 g/mol. The molecule has 33 heavy (non-hydrogen) atoms. The molecule has 1 aromatic carbocycles. The Morgan fingerprint density at radius 1 is 1.21 bits per heavy atom. The molecule has 168 valence electrons. The number of hydrogen-bond donors (Lipinski definition) is 2. The van der Waals surface area contributed by atoms with Gasteiger partial charge < -0.3 is 15.5 Å². The molecule has 2 amide bonds. The van der Waals surface area contributed by atoms with Crippen molar-refractivity contribution in [2.24, 2.45) is 0 Å². The lowest BCUT2D eigenvalue weighted by atomic mass is 10.1. The largest absolute Gasteiger partial charge is 0.339 e. The molecule has 0 bridgehead atoms. The second-order valence-electron chi connectivity index (χ2n) is 8.04. The van der Waals surface area contributed by atoms with E-state index < -0.39 is 6.04 Å². The van der Waals surface area contributed by atoms with Crippen LogP contribution in [0.3, 0.4) is 0 Å². The number of hydrogen-bond acceptors (Lipinski definition) is 7. The number of nitrogens with zero attached hydrogens (tertiary/aromatic N) is 6. The highest BCUT2D eigenvalue weighted by Gasteiger charge is 2.30. The Morgan fingerprint density at radius 3 is 2.61 bits per heavy atom. The lowest BCUT2D eigenvalue weighted by Gasteiger charge is -2.38. The maximum absolute atomic E-state index is 12.2. The lowest BCUT2D eigenvalue weighted by molar-refractivity contribution is -0.134. The highest BCUT2D eigenvalue weighted by molar-refractivity contribution is 5.95. The molecule has 10 nitrogen and oxygen atoms in total. The topological polar surface area (TPSA) is 129 Å². The quantitative estimate of drug-likeness (QED) is 0.597. The fraction of sp³-hybridized carbons (Fsp3) is 0.304. The Morgan fingerprint density at radius 2 is 1.94 bits per heavy atom. The van der Waals surface area contributed by atoms with E-state index >= 15 is 0 Å². The van der Waals surface area contributed by atoms with Gasteiger partial charge in [0.05, 0.1) is 29.7 Å². The highest BCUT2D eigenvalue weighted by atomic mass is 16.2. The smallest absolute Gasteiger partial charge is 0.252 e. The van der Waals surface area contributed by atoms with Crippen LogP contribution in [0.2, 0.25) is 0 Å². The van der Waals surface area contributed by atoms with Gasteiger partial charge in [0, 0.05) is 43.5 Å². The van der Waals surface area contributed by atoms with Crippen LogP contribution in [0.25, 0.3) is 11.3 Å². The van der Waals surface area contributed by atoms with Crippen LogP contribution in [0.4, 0.5) is 11.6 Å². The summed E-state index contributed by atoms with van der Waals surface area (Å²) < 4.78 is 1.84. The Balaban J connectivity index is 1.46. The molecule has 2 aromatic heterocycles. The molecule has 2 N–H and O–H groups in total. The van der Waals surface area contributed by atoms with E-state index in [1.807, 2.05) is 36.0 Å². The number of carbonyl (C=O) groups excluding carboxylic acids is 2. The van der Waals surface area contributed by atoms with Crippen LogP contribution < -0.4 is 10.6 Å². The fourth-order valence-electron chi connectivity index (χ4n) is 3.50. The summed E-state index contributed by atoms with van der Waals surface area (Å²) in [6.07, 6.45) is 5.32. The van der Waals surface area contributed by atoms with E-state index in [1.165, 1.54) is 0 Å². The normalized spacial score (nSPS) is 14.2. The molecule has 1 aliphatic rings. The van der Waals surface area contributed by atoms with Gasteiger partial charge in [0.2, 0.25) is 11.9 Å². The zero-order chi connectivity index (χ0) is 23.5. The maximum atomic E-state index is 12.2. The molecular formula is C23H24N8O2. The molecule has 1 saturated heterocycles. The van der Waals surface area contributed by atoms with Crippen molar-refractivity contribution in [3.8, 4) is 17.3 Å². The van der Waals surface area contributed by atoms with Crippen molar-refractivity contribution in [2.75, 3.05) is 18.4 Å². The van der Waals surface area contributed by atoms with E-state index in [0.29, 0.717) is 24.6 Å². The van der Waals surface area contributed by atoms with Crippen molar-refractivity contribution in [2.45, 2.75) is 32.9 Å². The van der Waals surface area contributed by atoms with Gasteiger partial charge in [-0.3, -0.25) is 14.3 Å². The average molecular weight is 444 g/mol. The molecule has 0 radical (unpaired) electrons. The minimum absolute atomic E-state index is 0.0720. The number of aromatic nitrogens is 4. The van der Waals surface area contributed by atoms with Gasteiger partial charge in [-0.1, -0.05) is 12.1 Å². The first kappa shape index (κ1) is 22.0. The number of carbonyl (C=O) groups is 2. The van der Waals surface area contributed by atoms with Crippen LogP contribution in [0.15, 0.2) is 42.9 Å². The molecule has 1 atom stereocenters. The van der Waals surface area contributed by atoms with E-state index in [4.69, 9.17) is 5.26 Å². The third kappa shape index (κ3) is 4.82. The van der Waals surface area contributed by atoms with Crippen LogP contribution in [-0.2, 0) is 4.79 Å². The van der Waals surface area contributed by atoms with Crippen LogP contribution in [0.5, 0.6) is 0 Å². The molecule has 0 saturated carbocycles. The van der Waals surface area contributed by atoms with E-state index in [1.54, 1.807) is 43.3 Å². The molecule has 3 heterocycles. The second-order valence-corrected chi connectivity index (χ2v) is 8.04. The summed E-state index contributed by atoms with van der Waals surface area (Å²) in [5.41, 5.74) is 3.71. The predicted molar refractivity (Wildman–Crippen MR) is 122 cm³/mol. The lowest BCUT2D eigenvalue weighted by Crippen LogP contribution is -2.49. The highest BCUT2D eigenvalue weighted by Crippen LogP contribution is 2.25. The van der Waals surface area contributed by atoms with Crippen molar-refractivity contribution >= 4 is 23.5 Å². The molecule has 1 aliphatic heterocycles. The minimum Gasteiger partial charge on any atom is -0.339 e. The van der Waals surface area contributed by atoms with Gasteiger partial charge in [-0.2, -0.15) is 10.4 Å². The van der Waals surface area contributed by atoms with Crippen LogP contribution >= 0.6 is 0 Å².